The summed E-state index contributed by atoms with van der Waals surface area (Å²) in [7, 11) is 2.11. The van der Waals surface area contributed by atoms with E-state index in [9.17, 15) is 0 Å². The summed E-state index contributed by atoms with van der Waals surface area (Å²) in [5.74, 6) is 1.17. The van der Waals surface area contributed by atoms with E-state index in [2.05, 4.69) is 139 Å². The average molecular weight is 402 g/mol. The van der Waals surface area contributed by atoms with Crippen molar-refractivity contribution >= 4 is 0 Å². The van der Waals surface area contributed by atoms with Crippen molar-refractivity contribution < 1.29 is 4.57 Å². The molecule has 0 aliphatic rings. The lowest BCUT2D eigenvalue weighted by molar-refractivity contribution is -0.659. The number of rotatable bonds is 4. The van der Waals surface area contributed by atoms with Crippen molar-refractivity contribution in [2.24, 2.45) is 7.05 Å². The van der Waals surface area contributed by atoms with E-state index in [1.165, 1.54) is 44.9 Å². The first-order chi connectivity index (χ1) is 15.2. The molecular weight excluding hydrogens is 376 g/mol. The minimum atomic E-state index is 1.17. The summed E-state index contributed by atoms with van der Waals surface area (Å²) in [6, 6.07) is 36.5. The van der Waals surface area contributed by atoms with Gasteiger partial charge in [-0.05, 0) is 47.4 Å². The first-order valence-corrected chi connectivity index (χ1v) is 10.6. The lowest BCUT2D eigenvalue weighted by Gasteiger charge is -2.12. The van der Waals surface area contributed by atoms with Crippen LogP contribution in [0.3, 0.4) is 0 Å². The van der Waals surface area contributed by atoms with Crippen LogP contribution in [0, 0.1) is 6.92 Å². The fraction of sp³-hybridized carbons (Fsp3) is 0.0690. The standard InChI is InChI=1S/C29H25N2/c1-22-11-9-10-16-26(22)29-30(2)19-20-31(29)28-21-25(23-12-5-3-6-13-23)17-18-27(28)24-14-7-4-8-15-24/h3-21H,1-2H3/q+1. The summed E-state index contributed by atoms with van der Waals surface area (Å²) in [5.41, 5.74) is 8.53. The van der Waals surface area contributed by atoms with Crippen molar-refractivity contribution in [3.63, 3.8) is 0 Å². The number of hydrogen-bond donors (Lipinski definition) is 0. The molecule has 0 fully saturated rings. The highest BCUT2D eigenvalue weighted by molar-refractivity contribution is 5.79. The molecule has 5 aromatic rings. The molecule has 1 aromatic heterocycles. The third kappa shape index (κ3) is 3.57. The Morgan fingerprint density at radius 3 is 1.97 bits per heavy atom. The number of benzene rings is 4. The van der Waals surface area contributed by atoms with E-state index in [0.717, 1.165) is 0 Å². The number of imidazole rings is 1. The smallest absolute Gasteiger partial charge is 0.232 e. The maximum absolute atomic E-state index is 2.32. The van der Waals surface area contributed by atoms with E-state index < -0.39 is 0 Å². The molecule has 150 valence electrons. The van der Waals surface area contributed by atoms with Crippen LogP contribution in [-0.4, -0.2) is 4.57 Å². The first-order valence-electron chi connectivity index (χ1n) is 10.6. The molecule has 0 aliphatic heterocycles. The first kappa shape index (κ1) is 19.1. The Morgan fingerprint density at radius 1 is 0.613 bits per heavy atom. The Kier molecular flexibility index (Phi) is 4.97. The molecule has 2 heteroatoms. The van der Waals surface area contributed by atoms with Crippen LogP contribution < -0.4 is 4.57 Å². The van der Waals surface area contributed by atoms with Gasteiger partial charge in [0.1, 0.15) is 18.1 Å². The maximum Gasteiger partial charge on any atom is 0.294 e. The minimum Gasteiger partial charge on any atom is -0.232 e. The van der Waals surface area contributed by atoms with Crippen molar-refractivity contribution in [1.82, 2.24) is 4.57 Å². The lowest BCUT2D eigenvalue weighted by atomic mass is 9.97. The minimum absolute atomic E-state index is 1.17. The Morgan fingerprint density at radius 2 is 1.26 bits per heavy atom. The van der Waals surface area contributed by atoms with Gasteiger partial charge in [-0.2, -0.15) is 4.57 Å². The van der Waals surface area contributed by atoms with Gasteiger partial charge >= 0.3 is 0 Å². The fourth-order valence-corrected chi connectivity index (χ4v) is 4.22. The van der Waals surface area contributed by atoms with Gasteiger partial charge in [0.05, 0.1) is 12.6 Å². The summed E-state index contributed by atoms with van der Waals surface area (Å²) < 4.78 is 4.52. The Balaban J connectivity index is 1.78. The number of aromatic nitrogens is 2. The summed E-state index contributed by atoms with van der Waals surface area (Å²) in [6.07, 6.45) is 4.30. The van der Waals surface area contributed by atoms with Crippen molar-refractivity contribution in [2.45, 2.75) is 6.92 Å². The SMILES string of the molecule is Cc1ccccc1-c1n(-c2cc(-c3ccccc3)ccc2-c2ccccc2)cc[n+]1C. The van der Waals surface area contributed by atoms with Crippen molar-refractivity contribution in [1.29, 1.82) is 0 Å². The summed E-state index contributed by atoms with van der Waals surface area (Å²) in [5, 5.41) is 0. The molecule has 0 amide bonds. The highest BCUT2D eigenvalue weighted by Crippen LogP contribution is 2.34. The van der Waals surface area contributed by atoms with Crippen LogP contribution in [0.5, 0.6) is 0 Å². The van der Waals surface area contributed by atoms with Crippen molar-refractivity contribution in [3.05, 3.63) is 121 Å². The molecule has 5 rings (SSSR count). The van der Waals surface area contributed by atoms with Crippen LogP contribution in [0.4, 0.5) is 0 Å². The third-order valence-corrected chi connectivity index (χ3v) is 5.84. The summed E-state index contributed by atoms with van der Waals surface area (Å²) >= 11 is 0. The second-order valence-corrected chi connectivity index (χ2v) is 7.88. The second-order valence-electron chi connectivity index (χ2n) is 7.88. The van der Waals surface area contributed by atoms with Crippen molar-refractivity contribution in [2.75, 3.05) is 0 Å². The van der Waals surface area contributed by atoms with Crippen LogP contribution in [-0.2, 0) is 7.05 Å². The van der Waals surface area contributed by atoms with Gasteiger partial charge in [-0.3, -0.25) is 0 Å². The Bertz CT molecular complexity index is 1330. The van der Waals surface area contributed by atoms with Gasteiger partial charge in [-0.15, -0.1) is 0 Å². The number of hydrogen-bond acceptors (Lipinski definition) is 0. The van der Waals surface area contributed by atoms with Gasteiger partial charge in [0.2, 0.25) is 0 Å². The summed E-state index contributed by atoms with van der Waals surface area (Å²) in [4.78, 5) is 0. The normalized spacial score (nSPS) is 10.9. The zero-order valence-corrected chi connectivity index (χ0v) is 17.9. The Hall–Kier alpha value is -3.91. The van der Waals surface area contributed by atoms with Gasteiger partial charge in [0.15, 0.2) is 0 Å². The molecule has 0 spiro atoms. The summed E-state index contributed by atoms with van der Waals surface area (Å²) in [6.45, 7) is 2.17. The quantitative estimate of drug-likeness (QED) is 0.300. The molecule has 0 unspecified atom stereocenters. The van der Waals surface area contributed by atoms with Crippen LogP contribution >= 0.6 is 0 Å². The van der Waals surface area contributed by atoms with Gasteiger partial charge in [-0.1, -0.05) is 84.9 Å². The van der Waals surface area contributed by atoms with Crippen LogP contribution in [0.15, 0.2) is 116 Å². The van der Waals surface area contributed by atoms with E-state index in [4.69, 9.17) is 0 Å². The third-order valence-electron chi connectivity index (χ3n) is 5.84. The zero-order valence-electron chi connectivity index (χ0n) is 17.9. The maximum atomic E-state index is 2.32. The van der Waals surface area contributed by atoms with Crippen LogP contribution in [0.1, 0.15) is 5.56 Å². The molecule has 0 radical (unpaired) electrons. The molecule has 1 heterocycles. The van der Waals surface area contributed by atoms with Crippen molar-refractivity contribution in [3.8, 4) is 39.3 Å². The highest BCUT2D eigenvalue weighted by atomic mass is 15.1. The molecular formula is C29H25N2+. The van der Waals surface area contributed by atoms with Crippen LogP contribution in [0.2, 0.25) is 0 Å². The van der Waals surface area contributed by atoms with E-state index in [-0.39, 0.29) is 0 Å². The Labute approximate surface area is 183 Å². The van der Waals surface area contributed by atoms with E-state index in [1.807, 2.05) is 0 Å². The average Bonchev–Trinajstić information content (AvgIpc) is 3.21. The van der Waals surface area contributed by atoms with Gasteiger partial charge < -0.3 is 0 Å². The molecule has 0 saturated carbocycles. The zero-order chi connectivity index (χ0) is 21.2. The molecule has 0 atom stereocenters. The largest absolute Gasteiger partial charge is 0.294 e. The van der Waals surface area contributed by atoms with Gasteiger partial charge in [0, 0.05) is 5.56 Å². The molecule has 4 aromatic carbocycles. The monoisotopic (exact) mass is 401 g/mol. The van der Waals surface area contributed by atoms with Gasteiger partial charge in [-0.25, -0.2) is 4.57 Å². The molecule has 2 nitrogen and oxygen atoms in total. The molecule has 31 heavy (non-hydrogen) atoms. The molecule has 0 bridgehead atoms. The second kappa shape index (κ2) is 8.08. The van der Waals surface area contributed by atoms with E-state index >= 15 is 0 Å². The van der Waals surface area contributed by atoms with Crippen LogP contribution in [0.25, 0.3) is 39.3 Å². The van der Waals surface area contributed by atoms with E-state index in [0.29, 0.717) is 0 Å². The predicted molar refractivity (Wildman–Crippen MR) is 128 cm³/mol. The predicted octanol–water partition coefficient (Wildman–Crippen LogP) is 6.61. The number of aryl methyl sites for hydroxylation is 2. The van der Waals surface area contributed by atoms with Gasteiger partial charge in [0.25, 0.3) is 5.82 Å². The lowest BCUT2D eigenvalue weighted by Crippen LogP contribution is -2.29. The molecule has 0 N–H and O–H groups in total. The topological polar surface area (TPSA) is 8.81 Å². The van der Waals surface area contributed by atoms with E-state index in [1.54, 1.807) is 0 Å². The molecule has 0 aliphatic carbocycles. The fourth-order valence-electron chi connectivity index (χ4n) is 4.22. The number of nitrogens with zero attached hydrogens (tertiary/aromatic N) is 2. The molecule has 0 saturated heterocycles. The highest BCUT2D eigenvalue weighted by Gasteiger charge is 2.23.